The molecule has 12 heavy (non-hydrogen) atoms. The molecule has 0 radical (unpaired) electrons. The quantitative estimate of drug-likeness (QED) is 0.626. The summed E-state index contributed by atoms with van der Waals surface area (Å²) in [6, 6.07) is 3.76. The van der Waals surface area contributed by atoms with E-state index in [4.69, 9.17) is 16.9 Å². The molecule has 0 unspecified atom stereocenters. The summed E-state index contributed by atoms with van der Waals surface area (Å²) in [5.74, 6) is -0.731. The topological polar surface area (TPSA) is 40.9 Å². The van der Waals surface area contributed by atoms with Gasteiger partial charge in [0.25, 0.3) is 0 Å². The van der Waals surface area contributed by atoms with Gasteiger partial charge in [0.1, 0.15) is 11.9 Å². The fourth-order valence-electron chi connectivity index (χ4n) is 0.738. The van der Waals surface area contributed by atoms with Crippen molar-refractivity contribution < 1.29 is 9.18 Å². The number of carbonyl (C=O) groups is 1. The Morgan fingerprint density at radius 1 is 1.58 bits per heavy atom. The molecule has 0 N–H and O–H groups in total. The minimum Gasteiger partial charge on any atom is -0.298 e. The van der Waals surface area contributed by atoms with Crippen LogP contribution in [0.1, 0.15) is 15.9 Å². The molecule has 0 fully saturated rings. The molecule has 0 aliphatic carbocycles. The molecule has 0 heterocycles. The van der Waals surface area contributed by atoms with Crippen molar-refractivity contribution in [3.63, 3.8) is 0 Å². The van der Waals surface area contributed by atoms with E-state index >= 15 is 0 Å². The van der Waals surface area contributed by atoms with Gasteiger partial charge in [0.2, 0.25) is 0 Å². The molecule has 0 aliphatic rings. The van der Waals surface area contributed by atoms with Crippen LogP contribution in [0.25, 0.3) is 0 Å². The van der Waals surface area contributed by atoms with Gasteiger partial charge in [0.05, 0.1) is 16.1 Å². The predicted octanol–water partition coefficient (Wildman–Crippen LogP) is 2.16. The van der Waals surface area contributed by atoms with Gasteiger partial charge >= 0.3 is 0 Å². The highest BCUT2D eigenvalue weighted by atomic mass is 35.5. The Bertz CT molecular complexity index is 370. The van der Waals surface area contributed by atoms with Gasteiger partial charge in [-0.05, 0) is 12.1 Å². The lowest BCUT2D eigenvalue weighted by Crippen LogP contribution is -1.89. The second-order valence-corrected chi connectivity index (χ2v) is 2.49. The predicted molar refractivity (Wildman–Crippen MR) is 41.5 cm³/mol. The van der Waals surface area contributed by atoms with E-state index in [1.165, 1.54) is 0 Å². The normalized spacial score (nSPS) is 9.08. The summed E-state index contributed by atoms with van der Waals surface area (Å²) < 4.78 is 12.8. The van der Waals surface area contributed by atoms with Crippen LogP contribution in [0.2, 0.25) is 5.02 Å². The number of hydrogen-bond acceptors (Lipinski definition) is 2. The minimum absolute atomic E-state index is 0.0276. The first kappa shape index (κ1) is 8.69. The first-order valence-corrected chi connectivity index (χ1v) is 3.41. The molecule has 1 aromatic rings. The van der Waals surface area contributed by atoms with Gasteiger partial charge in [-0.2, -0.15) is 5.26 Å². The average molecular weight is 184 g/mol. The summed E-state index contributed by atoms with van der Waals surface area (Å²) in [5.41, 5.74) is -0.112. The molecule has 0 saturated heterocycles. The fourth-order valence-corrected chi connectivity index (χ4v) is 0.953. The summed E-state index contributed by atoms with van der Waals surface area (Å²) in [4.78, 5) is 10.2. The van der Waals surface area contributed by atoms with E-state index in [0.29, 0.717) is 6.29 Å². The van der Waals surface area contributed by atoms with Crippen LogP contribution in [-0.4, -0.2) is 6.29 Å². The van der Waals surface area contributed by atoms with E-state index in [2.05, 4.69) is 0 Å². The van der Waals surface area contributed by atoms with Crippen LogP contribution in [0.15, 0.2) is 12.1 Å². The minimum atomic E-state index is -0.731. The van der Waals surface area contributed by atoms with Crippen LogP contribution < -0.4 is 0 Å². The Labute approximate surface area is 73.2 Å². The van der Waals surface area contributed by atoms with Crippen LogP contribution in [-0.2, 0) is 0 Å². The standard InChI is InChI=1S/C8H3ClFNO/c9-7-1-6(4-12)8(10)2-5(7)3-11/h1-2,4H. The van der Waals surface area contributed by atoms with Crippen molar-refractivity contribution in [2.45, 2.75) is 0 Å². The van der Waals surface area contributed by atoms with Crippen molar-refractivity contribution in [1.82, 2.24) is 0 Å². The van der Waals surface area contributed by atoms with Gasteiger partial charge in [-0.3, -0.25) is 4.79 Å². The van der Waals surface area contributed by atoms with Crippen LogP contribution >= 0.6 is 11.6 Å². The van der Waals surface area contributed by atoms with Crippen molar-refractivity contribution in [2.24, 2.45) is 0 Å². The van der Waals surface area contributed by atoms with E-state index in [1.54, 1.807) is 6.07 Å². The summed E-state index contributed by atoms with van der Waals surface area (Å²) in [6.45, 7) is 0. The molecule has 0 amide bonds. The van der Waals surface area contributed by atoms with Crippen LogP contribution in [0.4, 0.5) is 4.39 Å². The first-order valence-electron chi connectivity index (χ1n) is 3.03. The zero-order valence-electron chi connectivity index (χ0n) is 5.84. The monoisotopic (exact) mass is 183 g/mol. The van der Waals surface area contributed by atoms with Gasteiger partial charge in [0, 0.05) is 0 Å². The van der Waals surface area contributed by atoms with Crippen molar-refractivity contribution in [3.05, 3.63) is 34.1 Å². The maximum atomic E-state index is 12.8. The second-order valence-electron chi connectivity index (χ2n) is 2.08. The fraction of sp³-hybridized carbons (Fsp3) is 0. The molecule has 0 bridgehead atoms. The third-order valence-electron chi connectivity index (χ3n) is 1.33. The molecule has 2 nitrogen and oxygen atoms in total. The van der Waals surface area contributed by atoms with Crippen LogP contribution in [0, 0.1) is 17.1 Å². The Balaban J connectivity index is 3.38. The van der Waals surface area contributed by atoms with Gasteiger partial charge in [-0.15, -0.1) is 0 Å². The van der Waals surface area contributed by atoms with E-state index in [1.807, 2.05) is 0 Å². The molecular weight excluding hydrogens is 181 g/mol. The Hall–Kier alpha value is -1.40. The molecule has 0 spiro atoms. The zero-order valence-corrected chi connectivity index (χ0v) is 6.60. The third-order valence-corrected chi connectivity index (χ3v) is 1.65. The zero-order chi connectivity index (χ0) is 9.14. The lowest BCUT2D eigenvalue weighted by molar-refractivity contribution is 0.112. The Kier molecular flexibility index (Phi) is 2.41. The van der Waals surface area contributed by atoms with Gasteiger partial charge in [-0.1, -0.05) is 11.6 Å². The largest absolute Gasteiger partial charge is 0.298 e. The van der Waals surface area contributed by atoms with E-state index in [9.17, 15) is 9.18 Å². The number of halogens is 2. The number of aldehydes is 1. The smallest absolute Gasteiger partial charge is 0.153 e. The van der Waals surface area contributed by atoms with Gasteiger partial charge in [-0.25, -0.2) is 4.39 Å². The molecule has 1 rings (SSSR count). The van der Waals surface area contributed by atoms with E-state index in [-0.39, 0.29) is 16.1 Å². The Morgan fingerprint density at radius 3 is 2.75 bits per heavy atom. The molecule has 60 valence electrons. The molecule has 0 aromatic heterocycles. The number of benzene rings is 1. The molecular formula is C8H3ClFNO. The molecule has 0 atom stereocenters. The van der Waals surface area contributed by atoms with Crippen molar-refractivity contribution in [1.29, 1.82) is 5.26 Å². The van der Waals surface area contributed by atoms with E-state index in [0.717, 1.165) is 12.1 Å². The molecule has 0 aliphatic heterocycles. The van der Waals surface area contributed by atoms with Gasteiger partial charge < -0.3 is 0 Å². The molecule has 4 heteroatoms. The summed E-state index contributed by atoms with van der Waals surface area (Å²) in [7, 11) is 0. The third kappa shape index (κ3) is 1.44. The van der Waals surface area contributed by atoms with E-state index < -0.39 is 5.82 Å². The van der Waals surface area contributed by atoms with Crippen molar-refractivity contribution in [2.75, 3.05) is 0 Å². The summed E-state index contributed by atoms with van der Waals surface area (Å²) in [5, 5.41) is 8.50. The van der Waals surface area contributed by atoms with Crippen LogP contribution in [0.5, 0.6) is 0 Å². The van der Waals surface area contributed by atoms with Gasteiger partial charge in [0.15, 0.2) is 6.29 Å². The number of rotatable bonds is 1. The number of hydrogen-bond donors (Lipinski definition) is 0. The number of nitrogens with zero attached hydrogens (tertiary/aromatic N) is 1. The highest BCUT2D eigenvalue weighted by molar-refractivity contribution is 6.32. The van der Waals surface area contributed by atoms with Crippen LogP contribution in [0.3, 0.4) is 0 Å². The SMILES string of the molecule is N#Cc1cc(F)c(C=O)cc1Cl. The molecule has 1 aromatic carbocycles. The highest BCUT2D eigenvalue weighted by Crippen LogP contribution is 2.18. The number of nitriles is 1. The molecule has 0 saturated carbocycles. The first-order chi connectivity index (χ1) is 5.69. The summed E-state index contributed by atoms with van der Waals surface area (Å²) in [6.07, 6.45) is 0.350. The lowest BCUT2D eigenvalue weighted by Gasteiger charge is -1.97. The Morgan fingerprint density at radius 2 is 2.25 bits per heavy atom. The highest BCUT2D eigenvalue weighted by Gasteiger charge is 2.06. The maximum Gasteiger partial charge on any atom is 0.153 e. The number of carbonyl (C=O) groups excluding carboxylic acids is 1. The summed E-state index contributed by atoms with van der Waals surface area (Å²) >= 11 is 5.53. The van der Waals surface area contributed by atoms with Crippen molar-refractivity contribution >= 4 is 17.9 Å². The maximum absolute atomic E-state index is 12.8. The lowest BCUT2D eigenvalue weighted by atomic mass is 10.1. The van der Waals surface area contributed by atoms with Crippen molar-refractivity contribution in [3.8, 4) is 6.07 Å². The average Bonchev–Trinajstić information content (AvgIpc) is 2.08. The second kappa shape index (κ2) is 3.33.